The quantitative estimate of drug-likeness (QED) is 0.790. The van der Waals surface area contributed by atoms with Gasteiger partial charge in [0.25, 0.3) is 0 Å². The molecule has 1 saturated heterocycles. The lowest BCUT2D eigenvalue weighted by Gasteiger charge is -2.13. The lowest BCUT2D eigenvalue weighted by Crippen LogP contribution is -2.26. The van der Waals surface area contributed by atoms with E-state index in [-0.39, 0.29) is 12.7 Å². The highest BCUT2D eigenvalue weighted by Crippen LogP contribution is 2.23. The first-order chi connectivity index (χ1) is 11.7. The van der Waals surface area contributed by atoms with Crippen LogP contribution in [-0.4, -0.2) is 38.4 Å². The van der Waals surface area contributed by atoms with E-state index in [1.54, 1.807) is 24.3 Å². The van der Waals surface area contributed by atoms with Crippen LogP contribution in [0.4, 0.5) is 10.5 Å². The smallest absolute Gasteiger partial charge is 0.414 e. The molecular weight excluding hydrogens is 310 g/mol. The Bertz CT molecular complexity index is 714. The van der Waals surface area contributed by atoms with Crippen LogP contribution in [0.1, 0.15) is 10.4 Å². The molecule has 0 saturated carbocycles. The molecule has 0 spiro atoms. The predicted octanol–water partition coefficient (Wildman–Crippen LogP) is 2.88. The minimum absolute atomic E-state index is 0.284. The minimum Gasteiger partial charge on any atom is -0.490 e. The molecule has 0 bridgehead atoms. The number of para-hydroxylation sites is 1. The number of ether oxygens (including phenoxy) is 3. The summed E-state index contributed by atoms with van der Waals surface area (Å²) in [6, 6.07) is 16.0. The van der Waals surface area contributed by atoms with Crippen molar-refractivity contribution in [2.45, 2.75) is 6.10 Å². The zero-order chi connectivity index (χ0) is 16.9. The van der Waals surface area contributed by atoms with Crippen LogP contribution in [-0.2, 0) is 9.47 Å². The van der Waals surface area contributed by atoms with Gasteiger partial charge in [-0.05, 0) is 36.4 Å². The van der Waals surface area contributed by atoms with Crippen LogP contribution in [0.5, 0.6) is 5.75 Å². The number of anilines is 1. The van der Waals surface area contributed by atoms with Crippen molar-refractivity contribution in [3.05, 3.63) is 60.2 Å². The number of amides is 1. The Hall–Kier alpha value is -3.02. The van der Waals surface area contributed by atoms with Gasteiger partial charge in [0.1, 0.15) is 12.4 Å². The molecule has 1 atom stereocenters. The van der Waals surface area contributed by atoms with E-state index in [0.717, 1.165) is 5.75 Å². The van der Waals surface area contributed by atoms with Gasteiger partial charge in [0.05, 0.1) is 19.2 Å². The van der Waals surface area contributed by atoms with Gasteiger partial charge in [0.15, 0.2) is 6.10 Å². The second kappa shape index (κ2) is 7.04. The van der Waals surface area contributed by atoms with Crippen LogP contribution in [0.2, 0.25) is 0 Å². The Morgan fingerprint density at radius 2 is 1.88 bits per heavy atom. The van der Waals surface area contributed by atoms with E-state index < -0.39 is 12.1 Å². The Kier molecular flexibility index (Phi) is 4.65. The normalized spacial score (nSPS) is 16.6. The number of carbonyl (C=O) groups is 2. The van der Waals surface area contributed by atoms with Crippen LogP contribution in [0.3, 0.4) is 0 Å². The van der Waals surface area contributed by atoms with Crippen molar-refractivity contribution in [3.63, 3.8) is 0 Å². The minimum atomic E-state index is -0.428. The van der Waals surface area contributed by atoms with Crippen molar-refractivity contribution in [1.29, 1.82) is 0 Å². The number of carbonyl (C=O) groups excluding carboxylic acids is 2. The van der Waals surface area contributed by atoms with Crippen LogP contribution in [0.15, 0.2) is 54.6 Å². The van der Waals surface area contributed by atoms with Gasteiger partial charge in [-0.15, -0.1) is 0 Å². The maximum Gasteiger partial charge on any atom is 0.414 e. The van der Waals surface area contributed by atoms with Crippen LogP contribution < -0.4 is 9.64 Å². The van der Waals surface area contributed by atoms with E-state index in [9.17, 15) is 9.59 Å². The summed E-state index contributed by atoms with van der Waals surface area (Å²) in [5, 5.41) is 0. The molecule has 3 rings (SSSR count). The average molecular weight is 327 g/mol. The summed E-state index contributed by atoms with van der Waals surface area (Å²) < 4.78 is 15.6. The Morgan fingerprint density at radius 1 is 1.17 bits per heavy atom. The van der Waals surface area contributed by atoms with E-state index in [1.807, 2.05) is 30.3 Å². The molecule has 1 aliphatic rings. The molecule has 1 amide bonds. The third-order valence-corrected chi connectivity index (χ3v) is 3.65. The first kappa shape index (κ1) is 15.9. The monoisotopic (exact) mass is 327 g/mol. The van der Waals surface area contributed by atoms with E-state index in [1.165, 1.54) is 12.0 Å². The zero-order valence-corrected chi connectivity index (χ0v) is 13.2. The number of hydrogen-bond acceptors (Lipinski definition) is 5. The lowest BCUT2D eigenvalue weighted by atomic mass is 10.2. The SMILES string of the molecule is COC(=O)c1ccc(N2CC(COc3ccccc3)OC2=O)cc1. The van der Waals surface area contributed by atoms with Gasteiger partial charge in [-0.25, -0.2) is 9.59 Å². The van der Waals surface area contributed by atoms with Crippen molar-refractivity contribution in [2.24, 2.45) is 0 Å². The van der Waals surface area contributed by atoms with E-state index in [2.05, 4.69) is 4.74 Å². The average Bonchev–Trinajstić information content (AvgIpc) is 3.01. The molecule has 1 fully saturated rings. The summed E-state index contributed by atoms with van der Waals surface area (Å²) in [4.78, 5) is 25.0. The van der Waals surface area contributed by atoms with Crippen molar-refractivity contribution in [2.75, 3.05) is 25.2 Å². The molecule has 1 heterocycles. The van der Waals surface area contributed by atoms with E-state index in [4.69, 9.17) is 9.47 Å². The Labute approximate surface area is 139 Å². The number of esters is 1. The molecule has 0 aromatic heterocycles. The van der Waals surface area contributed by atoms with Gasteiger partial charge in [0, 0.05) is 5.69 Å². The number of methoxy groups -OCH3 is 1. The molecular formula is C18H17NO5. The summed E-state index contributed by atoms with van der Waals surface area (Å²) in [5.74, 6) is 0.314. The zero-order valence-electron chi connectivity index (χ0n) is 13.2. The maximum absolute atomic E-state index is 12.0. The van der Waals surface area contributed by atoms with Crippen molar-refractivity contribution >= 4 is 17.7 Å². The summed E-state index contributed by atoms with van der Waals surface area (Å²) in [5.41, 5.74) is 1.09. The van der Waals surface area contributed by atoms with Crippen molar-refractivity contribution < 1.29 is 23.8 Å². The Morgan fingerprint density at radius 3 is 2.54 bits per heavy atom. The highest BCUT2D eigenvalue weighted by Gasteiger charge is 2.32. The van der Waals surface area contributed by atoms with Gasteiger partial charge >= 0.3 is 12.1 Å². The highest BCUT2D eigenvalue weighted by molar-refractivity contribution is 5.92. The highest BCUT2D eigenvalue weighted by atomic mass is 16.6. The molecule has 0 aliphatic carbocycles. The van der Waals surface area contributed by atoms with E-state index >= 15 is 0 Å². The van der Waals surface area contributed by atoms with Crippen LogP contribution in [0.25, 0.3) is 0 Å². The molecule has 1 unspecified atom stereocenters. The number of benzene rings is 2. The van der Waals surface area contributed by atoms with Gasteiger partial charge in [-0.1, -0.05) is 18.2 Å². The van der Waals surface area contributed by atoms with Crippen molar-refractivity contribution in [1.82, 2.24) is 0 Å². The third-order valence-electron chi connectivity index (χ3n) is 3.65. The van der Waals surface area contributed by atoms with Gasteiger partial charge in [-0.3, -0.25) is 4.90 Å². The summed E-state index contributed by atoms with van der Waals surface area (Å²) in [6.45, 7) is 0.676. The molecule has 2 aromatic carbocycles. The molecule has 124 valence electrons. The summed E-state index contributed by atoms with van der Waals surface area (Å²) >= 11 is 0. The maximum atomic E-state index is 12.0. The van der Waals surface area contributed by atoms with Crippen LogP contribution in [0, 0.1) is 0 Å². The molecule has 0 radical (unpaired) electrons. The molecule has 6 heteroatoms. The summed E-state index contributed by atoms with van der Waals surface area (Å²) in [6.07, 6.45) is -0.777. The molecule has 0 N–H and O–H groups in total. The first-order valence-electron chi connectivity index (χ1n) is 7.52. The van der Waals surface area contributed by atoms with Gasteiger partial charge in [-0.2, -0.15) is 0 Å². The van der Waals surface area contributed by atoms with Gasteiger partial charge < -0.3 is 14.2 Å². The Balaban J connectivity index is 1.61. The van der Waals surface area contributed by atoms with Crippen molar-refractivity contribution in [3.8, 4) is 5.75 Å². The predicted molar refractivity (Wildman–Crippen MR) is 87.3 cm³/mol. The fourth-order valence-electron chi connectivity index (χ4n) is 2.42. The topological polar surface area (TPSA) is 65.1 Å². The van der Waals surface area contributed by atoms with Crippen LogP contribution >= 0.6 is 0 Å². The molecule has 1 aliphatic heterocycles. The lowest BCUT2D eigenvalue weighted by molar-refractivity contribution is 0.0600. The first-order valence-corrected chi connectivity index (χ1v) is 7.52. The third kappa shape index (κ3) is 3.48. The molecule has 24 heavy (non-hydrogen) atoms. The number of hydrogen-bond donors (Lipinski definition) is 0. The second-order valence-corrected chi connectivity index (χ2v) is 5.28. The largest absolute Gasteiger partial charge is 0.490 e. The fraction of sp³-hybridized carbons (Fsp3) is 0.222. The summed E-state index contributed by atoms with van der Waals surface area (Å²) in [7, 11) is 1.32. The number of rotatable bonds is 5. The fourth-order valence-corrected chi connectivity index (χ4v) is 2.42. The number of cyclic esters (lactones) is 1. The van der Waals surface area contributed by atoms with E-state index in [0.29, 0.717) is 17.8 Å². The second-order valence-electron chi connectivity index (χ2n) is 5.28. The number of nitrogens with zero attached hydrogens (tertiary/aromatic N) is 1. The molecule has 2 aromatic rings. The van der Waals surface area contributed by atoms with Gasteiger partial charge in [0.2, 0.25) is 0 Å². The molecule has 6 nitrogen and oxygen atoms in total. The standard InChI is InChI=1S/C18H17NO5/c1-22-17(20)13-7-9-14(10-8-13)19-11-16(24-18(19)21)12-23-15-5-3-2-4-6-15/h2-10,16H,11-12H2,1H3.